The third-order valence-electron chi connectivity index (χ3n) is 2.61. The van der Waals surface area contributed by atoms with Crippen molar-refractivity contribution in [1.82, 2.24) is 9.97 Å². The fourth-order valence-corrected chi connectivity index (χ4v) is 2.99. The molecule has 4 nitrogen and oxygen atoms in total. The molecule has 0 aromatic carbocycles. The SMILES string of the molecule is Cc1nc(Cl)nc(NC2CCCSC2)c1N. The van der Waals surface area contributed by atoms with E-state index in [0.29, 0.717) is 17.5 Å². The molecule has 0 radical (unpaired) electrons. The van der Waals surface area contributed by atoms with E-state index in [2.05, 4.69) is 15.3 Å². The lowest BCUT2D eigenvalue weighted by atomic mass is 10.2. The van der Waals surface area contributed by atoms with Gasteiger partial charge in [0.15, 0.2) is 5.82 Å². The highest BCUT2D eigenvalue weighted by Crippen LogP contribution is 2.25. The number of anilines is 2. The van der Waals surface area contributed by atoms with E-state index in [4.69, 9.17) is 17.3 Å². The van der Waals surface area contributed by atoms with Gasteiger partial charge in [0.1, 0.15) is 0 Å². The molecular weight excluding hydrogens is 244 g/mol. The number of aromatic nitrogens is 2. The molecule has 1 saturated heterocycles. The Balaban J connectivity index is 2.13. The average molecular weight is 259 g/mol. The van der Waals surface area contributed by atoms with Gasteiger partial charge in [0.05, 0.1) is 11.4 Å². The summed E-state index contributed by atoms with van der Waals surface area (Å²) in [5, 5.41) is 3.60. The maximum Gasteiger partial charge on any atom is 0.224 e. The molecule has 1 aromatic rings. The summed E-state index contributed by atoms with van der Waals surface area (Å²) in [6.45, 7) is 1.84. The largest absolute Gasteiger partial charge is 0.394 e. The highest BCUT2D eigenvalue weighted by molar-refractivity contribution is 7.99. The van der Waals surface area contributed by atoms with E-state index in [1.54, 1.807) is 0 Å². The fraction of sp³-hybridized carbons (Fsp3) is 0.600. The topological polar surface area (TPSA) is 63.8 Å². The molecule has 16 heavy (non-hydrogen) atoms. The normalized spacial score (nSPS) is 20.8. The van der Waals surface area contributed by atoms with Crippen LogP contribution in [0.15, 0.2) is 0 Å². The molecule has 2 rings (SSSR count). The van der Waals surface area contributed by atoms with Crippen LogP contribution < -0.4 is 11.1 Å². The van der Waals surface area contributed by atoms with Crippen molar-refractivity contribution in [2.24, 2.45) is 0 Å². The van der Waals surface area contributed by atoms with Crippen LogP contribution in [0.4, 0.5) is 11.5 Å². The van der Waals surface area contributed by atoms with Crippen LogP contribution in [-0.2, 0) is 0 Å². The zero-order valence-electron chi connectivity index (χ0n) is 9.16. The molecular formula is C10H15ClN4S. The number of hydrogen-bond acceptors (Lipinski definition) is 5. The maximum atomic E-state index is 5.92. The number of nitrogens with one attached hydrogen (secondary N) is 1. The van der Waals surface area contributed by atoms with Crippen LogP contribution in [0.5, 0.6) is 0 Å². The lowest BCUT2D eigenvalue weighted by molar-refractivity contribution is 0.682. The van der Waals surface area contributed by atoms with E-state index in [-0.39, 0.29) is 5.28 Å². The minimum atomic E-state index is 0.248. The molecule has 6 heteroatoms. The highest BCUT2D eigenvalue weighted by atomic mass is 35.5. The zero-order chi connectivity index (χ0) is 11.5. The van der Waals surface area contributed by atoms with Crippen LogP contribution >= 0.6 is 23.4 Å². The number of nitrogens with two attached hydrogens (primary N) is 1. The van der Waals surface area contributed by atoms with Crippen molar-refractivity contribution in [3.8, 4) is 0 Å². The molecule has 0 amide bonds. The number of aryl methyl sites for hydroxylation is 1. The van der Waals surface area contributed by atoms with E-state index in [1.165, 1.54) is 12.2 Å². The Morgan fingerprint density at radius 1 is 1.50 bits per heavy atom. The van der Waals surface area contributed by atoms with Gasteiger partial charge < -0.3 is 11.1 Å². The molecule has 1 unspecified atom stereocenters. The smallest absolute Gasteiger partial charge is 0.224 e. The Hall–Kier alpha value is -0.680. The molecule has 1 aliphatic rings. The Morgan fingerprint density at radius 2 is 2.31 bits per heavy atom. The van der Waals surface area contributed by atoms with Crippen molar-refractivity contribution >= 4 is 34.9 Å². The zero-order valence-corrected chi connectivity index (χ0v) is 10.7. The lowest BCUT2D eigenvalue weighted by Gasteiger charge is -2.23. The second kappa shape index (κ2) is 5.10. The molecule has 0 bridgehead atoms. The number of thioether (sulfide) groups is 1. The summed E-state index contributed by atoms with van der Waals surface area (Å²) >= 11 is 7.77. The van der Waals surface area contributed by atoms with Gasteiger partial charge in [-0.15, -0.1) is 0 Å². The van der Waals surface area contributed by atoms with Gasteiger partial charge in [0.25, 0.3) is 0 Å². The minimum absolute atomic E-state index is 0.248. The van der Waals surface area contributed by atoms with Crippen LogP contribution in [0.25, 0.3) is 0 Å². The van der Waals surface area contributed by atoms with E-state index in [0.717, 1.165) is 17.9 Å². The molecule has 1 fully saturated rings. The third kappa shape index (κ3) is 2.71. The van der Waals surface area contributed by atoms with Gasteiger partial charge in [-0.2, -0.15) is 16.7 Å². The molecule has 3 N–H and O–H groups in total. The van der Waals surface area contributed by atoms with Crippen LogP contribution in [0.2, 0.25) is 5.28 Å². The van der Waals surface area contributed by atoms with Crippen molar-refractivity contribution in [1.29, 1.82) is 0 Å². The molecule has 88 valence electrons. The number of nitrogen functional groups attached to an aromatic ring is 1. The Bertz CT molecular complexity index is 379. The maximum absolute atomic E-state index is 5.92. The second-order valence-corrected chi connectivity index (χ2v) is 5.39. The van der Waals surface area contributed by atoms with Gasteiger partial charge in [0.2, 0.25) is 5.28 Å². The first-order valence-electron chi connectivity index (χ1n) is 5.30. The van der Waals surface area contributed by atoms with Crippen molar-refractivity contribution in [3.63, 3.8) is 0 Å². The summed E-state index contributed by atoms with van der Waals surface area (Å²) < 4.78 is 0. The van der Waals surface area contributed by atoms with Gasteiger partial charge >= 0.3 is 0 Å². The average Bonchev–Trinajstić information content (AvgIpc) is 2.27. The van der Waals surface area contributed by atoms with Gasteiger partial charge in [-0.3, -0.25) is 0 Å². The van der Waals surface area contributed by atoms with Crippen molar-refractivity contribution in [2.45, 2.75) is 25.8 Å². The van der Waals surface area contributed by atoms with Crippen LogP contribution in [0.1, 0.15) is 18.5 Å². The molecule has 0 aliphatic carbocycles. The second-order valence-electron chi connectivity index (χ2n) is 3.90. The Kier molecular flexibility index (Phi) is 3.76. The first-order valence-corrected chi connectivity index (χ1v) is 6.84. The standard InChI is InChI=1S/C10H15ClN4S/c1-6-8(12)9(15-10(11)13-6)14-7-3-2-4-16-5-7/h7H,2-5,12H2,1H3,(H,13,14,15). The van der Waals surface area contributed by atoms with Crippen LogP contribution in [0, 0.1) is 6.92 Å². The quantitative estimate of drug-likeness (QED) is 0.797. The van der Waals surface area contributed by atoms with Gasteiger partial charge in [0, 0.05) is 11.8 Å². The molecule has 1 atom stereocenters. The fourth-order valence-electron chi connectivity index (χ4n) is 1.71. The van der Waals surface area contributed by atoms with Gasteiger partial charge in [-0.05, 0) is 37.1 Å². The summed E-state index contributed by atoms with van der Waals surface area (Å²) in [4.78, 5) is 8.15. The Morgan fingerprint density at radius 3 is 3.00 bits per heavy atom. The lowest BCUT2D eigenvalue weighted by Crippen LogP contribution is -2.27. The van der Waals surface area contributed by atoms with E-state index < -0.39 is 0 Å². The van der Waals surface area contributed by atoms with Gasteiger partial charge in [-0.25, -0.2) is 4.98 Å². The van der Waals surface area contributed by atoms with Crippen molar-refractivity contribution < 1.29 is 0 Å². The van der Waals surface area contributed by atoms with E-state index in [1.807, 2.05) is 18.7 Å². The number of nitrogens with zero attached hydrogens (tertiary/aromatic N) is 2. The molecule has 1 aliphatic heterocycles. The number of rotatable bonds is 2. The summed E-state index contributed by atoms with van der Waals surface area (Å²) in [6.07, 6.45) is 2.40. The van der Waals surface area contributed by atoms with E-state index in [9.17, 15) is 0 Å². The minimum Gasteiger partial charge on any atom is -0.394 e. The summed E-state index contributed by atoms with van der Waals surface area (Å²) in [6, 6.07) is 0.436. The van der Waals surface area contributed by atoms with Crippen LogP contribution in [-0.4, -0.2) is 27.5 Å². The Labute approximate surface area is 104 Å². The molecule has 0 spiro atoms. The van der Waals surface area contributed by atoms with E-state index >= 15 is 0 Å². The first-order chi connectivity index (χ1) is 7.66. The molecule has 1 aromatic heterocycles. The summed E-state index contributed by atoms with van der Waals surface area (Å²) in [5.74, 6) is 3.02. The first kappa shape index (κ1) is 11.8. The summed E-state index contributed by atoms with van der Waals surface area (Å²) in [5.41, 5.74) is 7.24. The third-order valence-corrected chi connectivity index (χ3v) is 3.99. The van der Waals surface area contributed by atoms with Crippen molar-refractivity contribution in [3.05, 3.63) is 11.0 Å². The number of hydrogen-bond donors (Lipinski definition) is 2. The summed E-state index contributed by atoms with van der Waals surface area (Å²) in [7, 11) is 0. The predicted octanol–water partition coefficient (Wildman–Crippen LogP) is 2.33. The van der Waals surface area contributed by atoms with Gasteiger partial charge in [-0.1, -0.05) is 0 Å². The monoisotopic (exact) mass is 258 g/mol. The molecule has 0 saturated carbocycles. The number of halogens is 1. The van der Waals surface area contributed by atoms with Crippen LogP contribution in [0.3, 0.4) is 0 Å². The molecule has 2 heterocycles. The predicted molar refractivity (Wildman–Crippen MR) is 70.2 cm³/mol. The van der Waals surface area contributed by atoms with Crippen molar-refractivity contribution in [2.75, 3.05) is 22.6 Å². The highest BCUT2D eigenvalue weighted by Gasteiger charge is 2.16.